The van der Waals surface area contributed by atoms with Gasteiger partial charge in [0.1, 0.15) is 0 Å². The smallest absolute Gasteiger partial charge is 0.228 e. The van der Waals surface area contributed by atoms with Crippen molar-refractivity contribution >= 4 is 17.2 Å². The minimum atomic E-state index is -0.0948. The molecule has 106 valence electrons. The van der Waals surface area contributed by atoms with Gasteiger partial charge in [0.15, 0.2) is 0 Å². The molecule has 1 aromatic rings. The van der Waals surface area contributed by atoms with Crippen molar-refractivity contribution in [2.75, 3.05) is 6.61 Å². The van der Waals surface area contributed by atoms with E-state index in [0.29, 0.717) is 0 Å². The first-order valence-electron chi connectivity index (χ1n) is 7.17. The number of carbonyl (C=O) groups excluding carboxylic acids is 1. The van der Waals surface area contributed by atoms with Crippen molar-refractivity contribution in [3.63, 3.8) is 0 Å². The third kappa shape index (κ3) is 3.80. The average Bonchev–Trinajstić information content (AvgIpc) is 2.86. The molecule has 0 spiro atoms. The lowest BCUT2D eigenvalue weighted by atomic mass is 9.95. The maximum atomic E-state index is 12.3. The molecule has 3 nitrogen and oxygen atoms in total. The number of nitrogens with one attached hydrogen (secondary N) is 1. The molecule has 1 fully saturated rings. The Kier molecular flexibility index (Phi) is 5.40. The maximum Gasteiger partial charge on any atom is 0.228 e. The Morgan fingerprint density at radius 3 is 2.95 bits per heavy atom. The van der Waals surface area contributed by atoms with Gasteiger partial charge in [-0.2, -0.15) is 0 Å². The lowest BCUT2D eigenvalue weighted by Crippen LogP contribution is -2.42. The Labute approximate surface area is 119 Å². The summed E-state index contributed by atoms with van der Waals surface area (Å²) in [6.07, 6.45) is 5.54. The van der Waals surface area contributed by atoms with Gasteiger partial charge in [-0.3, -0.25) is 4.79 Å². The molecule has 0 radical (unpaired) electrons. The van der Waals surface area contributed by atoms with Crippen molar-refractivity contribution < 1.29 is 9.90 Å². The highest BCUT2D eigenvalue weighted by Gasteiger charge is 2.26. The van der Waals surface area contributed by atoms with Crippen molar-refractivity contribution in [1.29, 1.82) is 0 Å². The highest BCUT2D eigenvalue weighted by atomic mass is 32.1. The zero-order valence-corrected chi connectivity index (χ0v) is 12.3. The molecule has 0 saturated heterocycles. The number of rotatable bonds is 4. The number of thiophene rings is 1. The van der Waals surface area contributed by atoms with Crippen LogP contribution in [0.15, 0.2) is 17.5 Å². The fourth-order valence-electron chi connectivity index (χ4n) is 2.77. The van der Waals surface area contributed by atoms with E-state index in [9.17, 15) is 9.90 Å². The van der Waals surface area contributed by atoms with Crippen LogP contribution in [0.2, 0.25) is 0 Å². The SMILES string of the molecule is CC(C(=O)NC1CCCCCC1CO)c1cccs1. The lowest BCUT2D eigenvalue weighted by Gasteiger charge is -2.25. The van der Waals surface area contributed by atoms with Crippen LogP contribution < -0.4 is 5.32 Å². The van der Waals surface area contributed by atoms with E-state index in [-0.39, 0.29) is 30.4 Å². The van der Waals surface area contributed by atoms with E-state index in [1.165, 1.54) is 6.42 Å². The fraction of sp³-hybridized carbons (Fsp3) is 0.667. The molecule has 19 heavy (non-hydrogen) atoms. The Morgan fingerprint density at radius 1 is 1.47 bits per heavy atom. The van der Waals surface area contributed by atoms with Gasteiger partial charge >= 0.3 is 0 Å². The number of hydrogen-bond acceptors (Lipinski definition) is 3. The van der Waals surface area contributed by atoms with E-state index >= 15 is 0 Å². The highest BCUT2D eigenvalue weighted by molar-refractivity contribution is 7.10. The number of carbonyl (C=O) groups is 1. The average molecular weight is 281 g/mol. The van der Waals surface area contributed by atoms with Gasteiger partial charge in [-0.05, 0) is 31.2 Å². The molecule has 1 amide bonds. The summed E-state index contributed by atoms with van der Waals surface area (Å²) in [5.41, 5.74) is 0. The quantitative estimate of drug-likeness (QED) is 0.834. The summed E-state index contributed by atoms with van der Waals surface area (Å²) in [4.78, 5) is 13.4. The molecular formula is C15H23NO2S. The molecular weight excluding hydrogens is 258 g/mol. The fourth-order valence-corrected chi connectivity index (χ4v) is 3.55. The standard InChI is InChI=1S/C15H23NO2S/c1-11(14-8-5-9-19-14)15(18)16-13-7-4-2-3-6-12(13)10-17/h5,8-9,11-13,17H,2-4,6-7,10H2,1H3,(H,16,18). The molecule has 1 heterocycles. The van der Waals surface area contributed by atoms with Crippen LogP contribution in [0.1, 0.15) is 49.8 Å². The molecule has 0 bridgehead atoms. The second-order valence-electron chi connectivity index (χ2n) is 5.43. The molecule has 3 atom stereocenters. The Morgan fingerprint density at radius 2 is 2.26 bits per heavy atom. The summed E-state index contributed by atoms with van der Waals surface area (Å²) < 4.78 is 0. The van der Waals surface area contributed by atoms with Crippen LogP contribution in [0.5, 0.6) is 0 Å². The van der Waals surface area contributed by atoms with Gasteiger partial charge in [0.05, 0.1) is 5.92 Å². The van der Waals surface area contributed by atoms with Crippen LogP contribution in [0.4, 0.5) is 0 Å². The lowest BCUT2D eigenvalue weighted by molar-refractivity contribution is -0.123. The van der Waals surface area contributed by atoms with Gasteiger partial charge in [-0.15, -0.1) is 11.3 Å². The molecule has 3 unspecified atom stereocenters. The first kappa shape index (κ1) is 14.5. The molecule has 4 heteroatoms. The normalized spacial score (nSPS) is 25.6. The molecule has 1 saturated carbocycles. The van der Waals surface area contributed by atoms with Gasteiger partial charge in [0.2, 0.25) is 5.91 Å². The summed E-state index contributed by atoms with van der Waals surface area (Å²) in [5.74, 6) is 0.220. The molecule has 1 aliphatic carbocycles. The van der Waals surface area contributed by atoms with E-state index in [1.807, 2.05) is 24.4 Å². The van der Waals surface area contributed by atoms with Gasteiger partial charge in [0.25, 0.3) is 0 Å². The maximum absolute atomic E-state index is 12.3. The van der Waals surface area contributed by atoms with Gasteiger partial charge < -0.3 is 10.4 Å². The zero-order valence-electron chi connectivity index (χ0n) is 11.5. The summed E-state index contributed by atoms with van der Waals surface area (Å²) in [5, 5.41) is 14.6. The van der Waals surface area contributed by atoms with Gasteiger partial charge in [-0.1, -0.05) is 25.3 Å². The number of amides is 1. The van der Waals surface area contributed by atoms with Crippen molar-refractivity contribution in [3.8, 4) is 0 Å². The van der Waals surface area contributed by atoms with Gasteiger partial charge in [-0.25, -0.2) is 0 Å². The minimum Gasteiger partial charge on any atom is -0.396 e. The van der Waals surface area contributed by atoms with E-state index < -0.39 is 0 Å². The van der Waals surface area contributed by atoms with Crippen LogP contribution in [-0.4, -0.2) is 23.7 Å². The number of hydrogen-bond donors (Lipinski definition) is 2. The molecule has 2 N–H and O–H groups in total. The van der Waals surface area contributed by atoms with E-state index in [0.717, 1.165) is 30.6 Å². The molecule has 1 aliphatic rings. The Hall–Kier alpha value is -0.870. The number of aliphatic hydroxyl groups excluding tert-OH is 1. The van der Waals surface area contributed by atoms with Crippen LogP contribution in [-0.2, 0) is 4.79 Å². The second-order valence-corrected chi connectivity index (χ2v) is 6.41. The summed E-state index contributed by atoms with van der Waals surface area (Å²) >= 11 is 1.62. The Bertz CT molecular complexity index is 391. The van der Waals surface area contributed by atoms with Crippen LogP contribution in [0, 0.1) is 5.92 Å². The van der Waals surface area contributed by atoms with E-state index in [4.69, 9.17) is 0 Å². The summed E-state index contributed by atoms with van der Waals surface area (Å²) in [6, 6.07) is 4.12. The van der Waals surface area contributed by atoms with E-state index in [2.05, 4.69) is 5.32 Å². The summed E-state index contributed by atoms with van der Waals surface area (Å²) in [6.45, 7) is 2.13. The number of aliphatic hydroxyl groups is 1. The molecule has 2 rings (SSSR count). The van der Waals surface area contributed by atoms with Crippen LogP contribution in [0.3, 0.4) is 0 Å². The largest absolute Gasteiger partial charge is 0.396 e. The predicted molar refractivity (Wildman–Crippen MR) is 78.3 cm³/mol. The third-order valence-electron chi connectivity index (χ3n) is 4.08. The van der Waals surface area contributed by atoms with Crippen molar-refractivity contribution in [2.45, 2.75) is 51.0 Å². The topological polar surface area (TPSA) is 49.3 Å². The first-order valence-corrected chi connectivity index (χ1v) is 8.05. The van der Waals surface area contributed by atoms with Crippen molar-refractivity contribution in [2.24, 2.45) is 5.92 Å². The first-order chi connectivity index (χ1) is 9.22. The predicted octanol–water partition coefficient (Wildman–Crippen LogP) is 2.91. The third-order valence-corrected chi connectivity index (χ3v) is 5.14. The zero-order chi connectivity index (χ0) is 13.7. The molecule has 1 aromatic heterocycles. The molecule has 0 aromatic carbocycles. The molecule has 0 aliphatic heterocycles. The highest BCUT2D eigenvalue weighted by Crippen LogP contribution is 2.25. The van der Waals surface area contributed by atoms with Crippen LogP contribution >= 0.6 is 11.3 Å². The van der Waals surface area contributed by atoms with Crippen LogP contribution in [0.25, 0.3) is 0 Å². The second kappa shape index (κ2) is 7.06. The Balaban J connectivity index is 1.96. The minimum absolute atomic E-state index is 0.0906. The summed E-state index contributed by atoms with van der Waals surface area (Å²) in [7, 11) is 0. The van der Waals surface area contributed by atoms with Gasteiger partial charge in [0, 0.05) is 23.4 Å². The van der Waals surface area contributed by atoms with Crippen molar-refractivity contribution in [3.05, 3.63) is 22.4 Å². The van der Waals surface area contributed by atoms with E-state index in [1.54, 1.807) is 11.3 Å². The van der Waals surface area contributed by atoms with Crippen molar-refractivity contribution in [1.82, 2.24) is 5.32 Å². The monoisotopic (exact) mass is 281 g/mol.